The lowest BCUT2D eigenvalue weighted by atomic mass is 10.2. The van der Waals surface area contributed by atoms with E-state index in [1.165, 1.54) is 0 Å². The number of aromatic nitrogens is 2. The van der Waals surface area contributed by atoms with Crippen LogP contribution in [0.15, 0.2) is 47.1 Å². The van der Waals surface area contributed by atoms with Crippen LogP contribution in [0.4, 0.5) is 0 Å². The van der Waals surface area contributed by atoms with E-state index >= 15 is 0 Å². The number of likely N-dealkylation sites (tertiary alicyclic amines) is 1. The summed E-state index contributed by atoms with van der Waals surface area (Å²) in [6.07, 6.45) is 2.79. The molecule has 0 saturated carbocycles. The molecule has 2 atom stereocenters. The highest BCUT2D eigenvalue weighted by atomic mass is 16.5. The zero-order chi connectivity index (χ0) is 16.5. The Kier molecular flexibility index (Phi) is 4.00. The van der Waals surface area contributed by atoms with E-state index in [9.17, 15) is 5.11 Å². The first-order chi connectivity index (χ1) is 11.7. The second-order valence-electron chi connectivity index (χ2n) is 6.20. The summed E-state index contributed by atoms with van der Waals surface area (Å²) in [4.78, 5) is 2.15. The minimum Gasteiger partial charge on any atom is -0.483 e. The van der Waals surface area contributed by atoms with E-state index in [1.54, 1.807) is 6.20 Å². The van der Waals surface area contributed by atoms with Crippen molar-refractivity contribution >= 4 is 11.0 Å². The highest BCUT2D eigenvalue weighted by Gasteiger charge is 2.33. The van der Waals surface area contributed by atoms with Crippen LogP contribution in [-0.2, 0) is 13.1 Å². The normalized spacial score (nSPS) is 21.6. The zero-order valence-electron chi connectivity index (χ0n) is 13.6. The number of ether oxygens (including phenoxy) is 1. The first-order valence-corrected chi connectivity index (χ1v) is 8.28. The number of para-hydroxylation sites is 1. The number of hydrogen-bond acceptors (Lipinski definition) is 5. The van der Waals surface area contributed by atoms with Gasteiger partial charge in [0.05, 0.1) is 18.9 Å². The van der Waals surface area contributed by atoms with Crippen LogP contribution in [-0.4, -0.2) is 45.1 Å². The lowest BCUT2D eigenvalue weighted by Gasteiger charge is -2.15. The maximum absolute atomic E-state index is 10.3. The maximum atomic E-state index is 10.3. The topological polar surface area (TPSA) is 63.7 Å². The molecule has 6 nitrogen and oxygen atoms in total. The van der Waals surface area contributed by atoms with Gasteiger partial charge in [-0.3, -0.25) is 9.58 Å². The van der Waals surface area contributed by atoms with Crippen LogP contribution >= 0.6 is 0 Å². The number of furan rings is 1. The average Bonchev–Trinajstić information content (AvgIpc) is 3.27. The van der Waals surface area contributed by atoms with Gasteiger partial charge in [0.15, 0.2) is 5.75 Å². The standard InChI is InChI=1S/C18H21N3O3/c1-2-21-10-15(8-19-21)24-18-12-20(11-16(18)22)9-14-7-13-5-3-4-6-17(13)23-14/h3-8,10,16,18,22H,2,9,11-12H2,1H3/t16-,18-/m1/s1. The number of benzene rings is 1. The largest absolute Gasteiger partial charge is 0.483 e. The van der Waals surface area contributed by atoms with Crippen molar-refractivity contribution < 1.29 is 14.3 Å². The number of aliphatic hydroxyl groups is 1. The molecular weight excluding hydrogens is 306 g/mol. The Morgan fingerprint density at radius 1 is 1.33 bits per heavy atom. The molecule has 0 unspecified atom stereocenters. The van der Waals surface area contributed by atoms with Crippen LogP contribution < -0.4 is 4.74 Å². The molecule has 3 aromatic rings. The summed E-state index contributed by atoms with van der Waals surface area (Å²) in [6, 6.07) is 10.0. The molecule has 1 aliphatic rings. The van der Waals surface area contributed by atoms with Crippen LogP contribution in [0.1, 0.15) is 12.7 Å². The molecule has 1 aromatic carbocycles. The number of hydrogen-bond donors (Lipinski definition) is 1. The van der Waals surface area contributed by atoms with Crippen LogP contribution in [0, 0.1) is 0 Å². The Morgan fingerprint density at radius 3 is 3.00 bits per heavy atom. The van der Waals surface area contributed by atoms with E-state index in [0.717, 1.165) is 23.3 Å². The van der Waals surface area contributed by atoms with Crippen molar-refractivity contribution in [2.75, 3.05) is 13.1 Å². The monoisotopic (exact) mass is 327 g/mol. The van der Waals surface area contributed by atoms with E-state index in [2.05, 4.69) is 16.1 Å². The van der Waals surface area contributed by atoms with Crippen molar-refractivity contribution in [1.82, 2.24) is 14.7 Å². The van der Waals surface area contributed by atoms with E-state index in [0.29, 0.717) is 25.4 Å². The Hall–Kier alpha value is -2.31. The van der Waals surface area contributed by atoms with Crippen molar-refractivity contribution in [3.8, 4) is 5.75 Å². The van der Waals surface area contributed by atoms with E-state index in [1.807, 2.05) is 42.1 Å². The number of nitrogens with zero attached hydrogens (tertiary/aromatic N) is 3. The molecule has 4 rings (SSSR count). The molecule has 24 heavy (non-hydrogen) atoms. The van der Waals surface area contributed by atoms with Gasteiger partial charge in [-0.25, -0.2) is 0 Å². The SMILES string of the molecule is CCn1cc(O[C@@H]2CN(Cc3cc4ccccc4o3)C[C@H]2O)cn1. The molecule has 2 aromatic heterocycles. The molecule has 1 aliphatic heterocycles. The van der Waals surface area contributed by atoms with Gasteiger partial charge < -0.3 is 14.3 Å². The summed E-state index contributed by atoms with van der Waals surface area (Å²) in [7, 11) is 0. The molecule has 0 amide bonds. The Labute approximate surface area is 140 Å². The number of rotatable bonds is 5. The van der Waals surface area contributed by atoms with Gasteiger partial charge in [-0.2, -0.15) is 5.10 Å². The fourth-order valence-electron chi connectivity index (χ4n) is 3.17. The van der Waals surface area contributed by atoms with Gasteiger partial charge in [0, 0.05) is 25.0 Å². The maximum Gasteiger partial charge on any atom is 0.157 e. The molecule has 1 fully saturated rings. The second kappa shape index (κ2) is 6.30. The predicted molar refractivity (Wildman–Crippen MR) is 89.8 cm³/mol. The lowest BCUT2D eigenvalue weighted by Crippen LogP contribution is -2.29. The third-order valence-electron chi connectivity index (χ3n) is 4.39. The lowest BCUT2D eigenvalue weighted by molar-refractivity contribution is 0.0736. The molecule has 0 spiro atoms. The number of β-amino-alcohol motifs (C(OH)–C–C–N with tert-alkyl or cyclic N) is 1. The second-order valence-corrected chi connectivity index (χ2v) is 6.20. The van der Waals surface area contributed by atoms with Crippen molar-refractivity contribution in [3.63, 3.8) is 0 Å². The quantitative estimate of drug-likeness (QED) is 0.779. The van der Waals surface area contributed by atoms with Crippen molar-refractivity contribution in [2.45, 2.75) is 32.2 Å². The third-order valence-corrected chi connectivity index (χ3v) is 4.39. The van der Waals surface area contributed by atoms with Crippen molar-refractivity contribution in [1.29, 1.82) is 0 Å². The number of aryl methyl sites for hydroxylation is 1. The van der Waals surface area contributed by atoms with Gasteiger partial charge in [0.2, 0.25) is 0 Å². The molecule has 0 aliphatic carbocycles. The molecule has 126 valence electrons. The van der Waals surface area contributed by atoms with Gasteiger partial charge in [-0.15, -0.1) is 0 Å². The van der Waals surface area contributed by atoms with Gasteiger partial charge in [0.1, 0.15) is 23.6 Å². The molecule has 0 bridgehead atoms. The highest BCUT2D eigenvalue weighted by molar-refractivity contribution is 5.77. The summed E-state index contributed by atoms with van der Waals surface area (Å²) < 4.78 is 13.6. The van der Waals surface area contributed by atoms with Crippen LogP contribution in [0.2, 0.25) is 0 Å². The van der Waals surface area contributed by atoms with E-state index in [4.69, 9.17) is 9.15 Å². The first-order valence-electron chi connectivity index (χ1n) is 8.28. The Bertz CT molecular complexity index is 793. The minimum absolute atomic E-state index is 0.246. The fraction of sp³-hybridized carbons (Fsp3) is 0.389. The summed E-state index contributed by atoms with van der Waals surface area (Å²) in [5, 5.41) is 15.6. The third kappa shape index (κ3) is 3.02. The average molecular weight is 327 g/mol. The Morgan fingerprint density at radius 2 is 2.21 bits per heavy atom. The Balaban J connectivity index is 1.40. The molecule has 3 heterocycles. The van der Waals surface area contributed by atoms with E-state index in [-0.39, 0.29) is 6.10 Å². The number of aliphatic hydroxyl groups excluding tert-OH is 1. The molecule has 0 radical (unpaired) electrons. The summed E-state index contributed by atoms with van der Waals surface area (Å²) in [5.74, 6) is 1.61. The fourth-order valence-corrected chi connectivity index (χ4v) is 3.17. The summed E-state index contributed by atoms with van der Waals surface area (Å²) in [5.41, 5.74) is 0.895. The van der Waals surface area contributed by atoms with Gasteiger partial charge in [-0.1, -0.05) is 18.2 Å². The predicted octanol–water partition coefficient (Wildman–Crippen LogP) is 2.27. The van der Waals surface area contributed by atoms with Crippen LogP contribution in [0.25, 0.3) is 11.0 Å². The van der Waals surface area contributed by atoms with Gasteiger partial charge in [0.25, 0.3) is 0 Å². The number of fused-ring (bicyclic) bond motifs is 1. The van der Waals surface area contributed by atoms with Crippen molar-refractivity contribution in [3.05, 3.63) is 48.5 Å². The zero-order valence-corrected chi connectivity index (χ0v) is 13.6. The summed E-state index contributed by atoms with van der Waals surface area (Å²) >= 11 is 0. The smallest absolute Gasteiger partial charge is 0.157 e. The van der Waals surface area contributed by atoms with Gasteiger partial charge in [-0.05, 0) is 19.1 Å². The first kappa shape index (κ1) is 15.2. The minimum atomic E-state index is -0.514. The molecule has 1 N–H and O–H groups in total. The molecule has 1 saturated heterocycles. The van der Waals surface area contributed by atoms with Gasteiger partial charge >= 0.3 is 0 Å². The molecule has 6 heteroatoms. The summed E-state index contributed by atoms with van der Waals surface area (Å²) in [6.45, 7) is 4.73. The molecular formula is C18H21N3O3. The van der Waals surface area contributed by atoms with E-state index < -0.39 is 6.10 Å². The van der Waals surface area contributed by atoms with Crippen molar-refractivity contribution in [2.24, 2.45) is 0 Å². The van der Waals surface area contributed by atoms with Crippen LogP contribution in [0.3, 0.4) is 0 Å². The highest BCUT2D eigenvalue weighted by Crippen LogP contribution is 2.23. The van der Waals surface area contributed by atoms with Crippen LogP contribution in [0.5, 0.6) is 5.75 Å².